The number of nitrogens with zero attached hydrogens (tertiary/aromatic N) is 1. The molecule has 0 atom stereocenters. The third kappa shape index (κ3) is 5.38. The molecule has 1 amide bonds. The van der Waals surface area contributed by atoms with Crippen LogP contribution in [-0.4, -0.2) is 25.6 Å². The Morgan fingerprint density at radius 1 is 1.07 bits per heavy atom. The Morgan fingerprint density at radius 2 is 1.83 bits per heavy atom. The highest BCUT2D eigenvalue weighted by Crippen LogP contribution is 2.24. The zero-order valence-electron chi connectivity index (χ0n) is 15.2. The monoisotopic (exact) mass is 507 g/mol. The Morgan fingerprint density at radius 3 is 2.60 bits per heavy atom. The standard InChI is InChI=1S/C20H15BrClN3O4S/c21-15-8-9-19(26)14(10-15)12-23-24-20(27)13-4-3-5-16(11-13)30(28,29)25-18-7-2-1-6-17(18)22/h1-12,25-26H,(H,24,27)/b23-12-. The first kappa shape index (κ1) is 21.8. The molecule has 3 aromatic rings. The van der Waals surface area contributed by atoms with E-state index in [-0.39, 0.29) is 26.9 Å². The number of nitrogens with one attached hydrogen (secondary N) is 2. The quantitative estimate of drug-likeness (QED) is 0.339. The van der Waals surface area contributed by atoms with E-state index in [4.69, 9.17) is 11.6 Å². The Bertz CT molecular complexity index is 1230. The van der Waals surface area contributed by atoms with Crippen LogP contribution in [0.4, 0.5) is 5.69 Å². The molecule has 154 valence electrons. The SMILES string of the molecule is O=C(N/N=C\c1cc(Br)ccc1O)c1cccc(S(=O)(=O)Nc2ccccc2Cl)c1. The summed E-state index contributed by atoms with van der Waals surface area (Å²) in [5.74, 6) is -0.620. The first-order valence-corrected chi connectivity index (χ1v) is 11.1. The summed E-state index contributed by atoms with van der Waals surface area (Å²) < 4.78 is 28.4. The number of hydrazone groups is 1. The van der Waals surface area contributed by atoms with E-state index in [9.17, 15) is 18.3 Å². The smallest absolute Gasteiger partial charge is 0.271 e. The average molecular weight is 509 g/mol. The fourth-order valence-electron chi connectivity index (χ4n) is 2.41. The molecule has 0 aromatic heterocycles. The lowest BCUT2D eigenvalue weighted by atomic mass is 10.2. The van der Waals surface area contributed by atoms with Gasteiger partial charge in [0.2, 0.25) is 0 Å². The van der Waals surface area contributed by atoms with Crippen LogP contribution in [0.2, 0.25) is 5.02 Å². The minimum atomic E-state index is -3.96. The average Bonchev–Trinajstić information content (AvgIpc) is 2.72. The van der Waals surface area contributed by atoms with E-state index in [0.717, 1.165) is 4.47 Å². The highest BCUT2D eigenvalue weighted by Gasteiger charge is 2.17. The molecule has 0 saturated heterocycles. The predicted molar refractivity (Wildman–Crippen MR) is 120 cm³/mol. The van der Waals surface area contributed by atoms with Crippen LogP contribution < -0.4 is 10.1 Å². The van der Waals surface area contributed by atoms with Gasteiger partial charge in [-0.05, 0) is 48.5 Å². The highest BCUT2D eigenvalue weighted by molar-refractivity contribution is 9.10. The molecular formula is C20H15BrClN3O4S. The Hall–Kier alpha value is -2.88. The number of anilines is 1. The van der Waals surface area contributed by atoms with Crippen molar-refractivity contribution in [1.29, 1.82) is 0 Å². The number of hydrogen-bond donors (Lipinski definition) is 3. The lowest BCUT2D eigenvalue weighted by molar-refractivity contribution is 0.0955. The van der Waals surface area contributed by atoms with Gasteiger partial charge in [0.15, 0.2) is 0 Å². The van der Waals surface area contributed by atoms with Crippen molar-refractivity contribution in [3.05, 3.63) is 87.4 Å². The first-order chi connectivity index (χ1) is 14.3. The van der Waals surface area contributed by atoms with Crippen molar-refractivity contribution in [3.8, 4) is 5.75 Å². The maximum atomic E-state index is 12.6. The number of carbonyl (C=O) groups excluding carboxylic acids is 1. The molecule has 7 nitrogen and oxygen atoms in total. The largest absolute Gasteiger partial charge is 0.507 e. The van der Waals surface area contributed by atoms with E-state index in [0.29, 0.717) is 5.56 Å². The molecule has 0 aliphatic carbocycles. The summed E-state index contributed by atoms with van der Waals surface area (Å²) in [5, 5.41) is 13.8. The number of hydrogen-bond acceptors (Lipinski definition) is 5. The van der Waals surface area contributed by atoms with E-state index in [1.54, 1.807) is 30.3 Å². The van der Waals surface area contributed by atoms with Crippen LogP contribution in [0.25, 0.3) is 0 Å². The Balaban J connectivity index is 1.76. The summed E-state index contributed by atoms with van der Waals surface area (Å²) >= 11 is 9.28. The van der Waals surface area contributed by atoms with Crippen molar-refractivity contribution in [3.63, 3.8) is 0 Å². The fraction of sp³-hybridized carbons (Fsp3) is 0. The van der Waals surface area contributed by atoms with Crippen molar-refractivity contribution < 1.29 is 18.3 Å². The van der Waals surface area contributed by atoms with Gasteiger partial charge in [0.05, 0.1) is 21.8 Å². The van der Waals surface area contributed by atoms with Gasteiger partial charge >= 0.3 is 0 Å². The molecule has 0 spiro atoms. The molecule has 3 N–H and O–H groups in total. The molecule has 0 bridgehead atoms. The van der Waals surface area contributed by atoms with Crippen molar-refractivity contribution in [1.82, 2.24) is 5.43 Å². The van der Waals surface area contributed by atoms with Crippen molar-refractivity contribution in [2.24, 2.45) is 5.10 Å². The number of sulfonamides is 1. The van der Waals surface area contributed by atoms with Crippen LogP contribution in [0.1, 0.15) is 15.9 Å². The zero-order valence-corrected chi connectivity index (χ0v) is 18.4. The minimum Gasteiger partial charge on any atom is -0.507 e. The number of halogens is 2. The van der Waals surface area contributed by atoms with Crippen LogP contribution in [0.5, 0.6) is 5.75 Å². The Kier molecular flexibility index (Phi) is 6.76. The van der Waals surface area contributed by atoms with Gasteiger partial charge in [0.25, 0.3) is 15.9 Å². The van der Waals surface area contributed by atoms with Gasteiger partial charge in [0.1, 0.15) is 5.75 Å². The Labute approximate surface area is 186 Å². The summed E-state index contributed by atoms with van der Waals surface area (Å²) in [7, 11) is -3.96. The number of amides is 1. The number of para-hydroxylation sites is 1. The number of rotatable bonds is 6. The van der Waals surface area contributed by atoms with E-state index in [1.165, 1.54) is 42.6 Å². The van der Waals surface area contributed by atoms with Gasteiger partial charge in [-0.15, -0.1) is 0 Å². The number of phenols is 1. The van der Waals surface area contributed by atoms with Crippen LogP contribution in [0.15, 0.2) is 81.2 Å². The molecule has 30 heavy (non-hydrogen) atoms. The van der Waals surface area contributed by atoms with Gasteiger partial charge in [-0.2, -0.15) is 5.10 Å². The summed E-state index contributed by atoms with van der Waals surface area (Å²) in [5.41, 5.74) is 3.01. The van der Waals surface area contributed by atoms with Gasteiger partial charge in [0, 0.05) is 15.6 Å². The van der Waals surface area contributed by atoms with Gasteiger partial charge in [-0.3, -0.25) is 9.52 Å². The normalized spacial score (nSPS) is 11.4. The first-order valence-electron chi connectivity index (χ1n) is 8.45. The van der Waals surface area contributed by atoms with Crippen molar-refractivity contribution >= 4 is 55.4 Å². The second-order valence-corrected chi connectivity index (χ2v) is 9.02. The summed E-state index contributed by atoms with van der Waals surface area (Å²) in [6.45, 7) is 0. The molecule has 3 rings (SSSR count). The second-order valence-electron chi connectivity index (χ2n) is 6.02. The van der Waals surface area contributed by atoms with Crippen LogP contribution in [0.3, 0.4) is 0 Å². The second kappa shape index (κ2) is 9.29. The molecule has 0 saturated carbocycles. The number of phenolic OH excluding ortho intramolecular Hbond substituents is 1. The molecule has 0 unspecified atom stereocenters. The van der Waals surface area contributed by atoms with E-state index >= 15 is 0 Å². The zero-order chi connectivity index (χ0) is 21.7. The van der Waals surface area contributed by atoms with Crippen molar-refractivity contribution in [2.75, 3.05) is 4.72 Å². The van der Waals surface area contributed by atoms with E-state index < -0.39 is 15.9 Å². The maximum Gasteiger partial charge on any atom is 0.271 e. The molecule has 10 heteroatoms. The lowest BCUT2D eigenvalue weighted by Gasteiger charge is -2.10. The predicted octanol–water partition coefficient (Wildman–Crippen LogP) is 4.37. The van der Waals surface area contributed by atoms with E-state index in [2.05, 4.69) is 31.2 Å². The minimum absolute atomic E-state index is 0.00469. The van der Waals surface area contributed by atoms with Crippen LogP contribution in [-0.2, 0) is 10.0 Å². The topological polar surface area (TPSA) is 108 Å². The molecular weight excluding hydrogens is 494 g/mol. The third-order valence-electron chi connectivity index (χ3n) is 3.88. The molecule has 0 heterocycles. The van der Waals surface area contributed by atoms with Gasteiger partial charge in [-0.25, -0.2) is 13.8 Å². The highest BCUT2D eigenvalue weighted by atomic mass is 79.9. The number of aromatic hydroxyl groups is 1. The molecule has 0 aliphatic rings. The number of carbonyl (C=O) groups is 1. The van der Waals surface area contributed by atoms with E-state index in [1.807, 2.05) is 0 Å². The molecule has 3 aromatic carbocycles. The summed E-state index contributed by atoms with van der Waals surface area (Å²) in [6, 6.07) is 16.7. The van der Waals surface area contributed by atoms with Crippen molar-refractivity contribution in [2.45, 2.75) is 4.90 Å². The number of benzene rings is 3. The van der Waals surface area contributed by atoms with Crippen LogP contribution in [0, 0.1) is 0 Å². The third-order valence-corrected chi connectivity index (χ3v) is 6.07. The summed E-state index contributed by atoms with van der Waals surface area (Å²) in [4.78, 5) is 12.2. The maximum absolute atomic E-state index is 12.6. The molecule has 0 radical (unpaired) electrons. The van der Waals surface area contributed by atoms with Gasteiger partial charge in [-0.1, -0.05) is 45.7 Å². The fourth-order valence-corrected chi connectivity index (χ4v) is 4.15. The van der Waals surface area contributed by atoms with Crippen LogP contribution >= 0.6 is 27.5 Å². The lowest BCUT2D eigenvalue weighted by Crippen LogP contribution is -2.19. The van der Waals surface area contributed by atoms with Gasteiger partial charge < -0.3 is 5.11 Å². The molecule has 0 fully saturated rings. The summed E-state index contributed by atoms with van der Waals surface area (Å²) in [6.07, 6.45) is 1.28. The molecule has 0 aliphatic heterocycles.